The maximum absolute atomic E-state index is 11.1. The second-order valence-corrected chi connectivity index (χ2v) is 3.68. The zero-order valence-corrected chi connectivity index (χ0v) is 8.27. The van der Waals surface area contributed by atoms with Crippen LogP contribution in [0.2, 0.25) is 0 Å². The van der Waals surface area contributed by atoms with Gasteiger partial charge < -0.3 is 5.11 Å². The number of hydrogen-bond donors (Lipinski definition) is 1. The van der Waals surface area contributed by atoms with Gasteiger partial charge in [-0.2, -0.15) is 4.98 Å². The summed E-state index contributed by atoms with van der Waals surface area (Å²) in [7, 11) is 0. The fourth-order valence-corrected chi connectivity index (χ4v) is 1.77. The summed E-state index contributed by atoms with van der Waals surface area (Å²) in [6, 6.07) is 3.64. The first-order valence-corrected chi connectivity index (χ1v) is 4.92. The Balaban J connectivity index is 2.57. The minimum Gasteiger partial charge on any atom is -0.477 e. The molecule has 0 aliphatic heterocycles. The van der Waals surface area contributed by atoms with Crippen molar-refractivity contribution in [1.29, 1.82) is 0 Å². The van der Waals surface area contributed by atoms with Crippen molar-refractivity contribution in [2.75, 3.05) is 0 Å². The van der Waals surface area contributed by atoms with Gasteiger partial charge in [-0.3, -0.25) is 9.36 Å². The second-order valence-electron chi connectivity index (χ2n) is 2.76. The van der Waals surface area contributed by atoms with Crippen LogP contribution >= 0.6 is 11.3 Å². The quantitative estimate of drug-likeness (QED) is 0.822. The van der Waals surface area contributed by atoms with Crippen LogP contribution in [0.1, 0.15) is 10.4 Å². The van der Waals surface area contributed by atoms with Crippen molar-refractivity contribution in [2.45, 2.75) is 0 Å². The first-order valence-electron chi connectivity index (χ1n) is 4.04. The van der Waals surface area contributed by atoms with Crippen LogP contribution in [0.4, 0.5) is 0 Å². The number of aromatic nitrogens is 2. The highest BCUT2D eigenvalue weighted by molar-refractivity contribution is 7.12. The molecule has 0 bridgehead atoms. The van der Waals surface area contributed by atoms with E-state index in [0.717, 1.165) is 5.00 Å². The Bertz CT molecular complexity index is 545. The van der Waals surface area contributed by atoms with Gasteiger partial charge in [-0.05, 0) is 17.5 Å². The van der Waals surface area contributed by atoms with E-state index >= 15 is 0 Å². The summed E-state index contributed by atoms with van der Waals surface area (Å²) >= 11 is 1.43. The second kappa shape index (κ2) is 3.66. The third kappa shape index (κ3) is 1.79. The third-order valence-corrected chi connectivity index (χ3v) is 2.67. The van der Waals surface area contributed by atoms with E-state index in [1.54, 1.807) is 0 Å². The Morgan fingerprint density at radius 1 is 1.53 bits per heavy atom. The highest BCUT2D eigenvalue weighted by Gasteiger charge is 2.10. The number of carbonyl (C=O) groups is 1. The van der Waals surface area contributed by atoms with E-state index in [9.17, 15) is 9.59 Å². The van der Waals surface area contributed by atoms with E-state index in [2.05, 4.69) is 4.98 Å². The molecular formula is C9H6N2O3S. The number of nitrogens with zero attached hydrogens (tertiary/aromatic N) is 2. The molecule has 2 rings (SSSR count). The predicted molar refractivity (Wildman–Crippen MR) is 54.7 cm³/mol. The van der Waals surface area contributed by atoms with Crippen LogP contribution in [-0.4, -0.2) is 20.6 Å². The van der Waals surface area contributed by atoms with Crippen LogP contribution in [0.3, 0.4) is 0 Å². The fraction of sp³-hybridized carbons (Fsp3) is 0. The largest absolute Gasteiger partial charge is 0.477 e. The van der Waals surface area contributed by atoms with Crippen LogP contribution < -0.4 is 5.56 Å². The van der Waals surface area contributed by atoms with Gasteiger partial charge in [0.05, 0.1) is 0 Å². The molecule has 1 N–H and O–H groups in total. The van der Waals surface area contributed by atoms with Gasteiger partial charge in [-0.1, -0.05) is 0 Å². The van der Waals surface area contributed by atoms with Crippen LogP contribution in [-0.2, 0) is 0 Å². The van der Waals surface area contributed by atoms with Gasteiger partial charge in [0, 0.05) is 6.20 Å². The highest BCUT2D eigenvalue weighted by atomic mass is 32.1. The van der Waals surface area contributed by atoms with Crippen molar-refractivity contribution >= 4 is 17.3 Å². The first-order chi connectivity index (χ1) is 7.18. The maximum Gasteiger partial charge on any atom is 0.342 e. The van der Waals surface area contributed by atoms with Crippen molar-refractivity contribution in [2.24, 2.45) is 0 Å². The molecule has 15 heavy (non-hydrogen) atoms. The summed E-state index contributed by atoms with van der Waals surface area (Å²) in [6.45, 7) is 0. The van der Waals surface area contributed by atoms with Gasteiger partial charge in [0.1, 0.15) is 16.9 Å². The molecule has 0 fully saturated rings. The fourth-order valence-electron chi connectivity index (χ4n) is 1.10. The van der Waals surface area contributed by atoms with Crippen LogP contribution in [0, 0.1) is 0 Å². The highest BCUT2D eigenvalue weighted by Crippen LogP contribution is 2.13. The molecule has 0 aliphatic carbocycles. The molecule has 0 atom stereocenters. The van der Waals surface area contributed by atoms with Gasteiger partial charge in [0.25, 0.3) is 5.56 Å². The number of thiophene rings is 1. The van der Waals surface area contributed by atoms with E-state index in [0.29, 0.717) is 0 Å². The number of rotatable bonds is 2. The lowest BCUT2D eigenvalue weighted by atomic mass is 10.3. The molecule has 2 heterocycles. The SMILES string of the molecule is O=C(O)c1cn(-c2cccs2)cnc1=O. The molecule has 76 valence electrons. The minimum absolute atomic E-state index is 0.328. The van der Waals surface area contributed by atoms with E-state index in [4.69, 9.17) is 5.11 Å². The molecular weight excluding hydrogens is 216 g/mol. The van der Waals surface area contributed by atoms with Crippen molar-refractivity contribution in [3.8, 4) is 5.00 Å². The monoisotopic (exact) mass is 222 g/mol. The maximum atomic E-state index is 11.1. The lowest BCUT2D eigenvalue weighted by molar-refractivity contribution is 0.0694. The molecule has 0 spiro atoms. The molecule has 0 amide bonds. The molecule has 2 aromatic rings. The van der Waals surface area contributed by atoms with Crippen molar-refractivity contribution in [3.63, 3.8) is 0 Å². The zero-order valence-electron chi connectivity index (χ0n) is 7.45. The van der Waals surface area contributed by atoms with Gasteiger partial charge in [0.2, 0.25) is 0 Å². The Hall–Kier alpha value is -1.95. The molecule has 6 heteroatoms. The summed E-state index contributed by atoms with van der Waals surface area (Å²) in [5.41, 5.74) is -1.05. The number of aromatic carboxylic acids is 1. The number of carboxylic acids is 1. The number of hydrogen-bond acceptors (Lipinski definition) is 4. The molecule has 0 aliphatic rings. The molecule has 0 saturated heterocycles. The predicted octanol–water partition coefficient (Wildman–Crippen LogP) is 0.992. The van der Waals surface area contributed by atoms with Crippen LogP contribution in [0.5, 0.6) is 0 Å². The Morgan fingerprint density at radius 3 is 2.93 bits per heavy atom. The van der Waals surface area contributed by atoms with Crippen LogP contribution in [0.25, 0.3) is 5.00 Å². The van der Waals surface area contributed by atoms with Gasteiger partial charge in [-0.25, -0.2) is 4.79 Å². The summed E-state index contributed by atoms with van der Waals surface area (Å²) in [5.74, 6) is -1.27. The topological polar surface area (TPSA) is 72.2 Å². The molecule has 0 aromatic carbocycles. The molecule has 2 aromatic heterocycles. The standard InChI is InChI=1S/C9H6N2O3S/c12-8-6(9(13)14)4-11(5-10-8)7-2-1-3-15-7/h1-5H,(H,13,14). The lowest BCUT2D eigenvalue weighted by Crippen LogP contribution is -2.19. The zero-order chi connectivity index (χ0) is 10.8. The summed E-state index contributed by atoms with van der Waals surface area (Å²) in [6.07, 6.45) is 2.57. The lowest BCUT2D eigenvalue weighted by Gasteiger charge is -2.01. The van der Waals surface area contributed by atoms with E-state index in [1.807, 2.05) is 17.5 Å². The van der Waals surface area contributed by atoms with E-state index in [1.165, 1.54) is 28.4 Å². The summed E-state index contributed by atoms with van der Waals surface area (Å²) in [4.78, 5) is 25.3. The average Bonchev–Trinajstić information content (AvgIpc) is 2.71. The van der Waals surface area contributed by atoms with Crippen molar-refractivity contribution in [3.05, 3.63) is 46.0 Å². The van der Waals surface area contributed by atoms with Gasteiger partial charge in [0.15, 0.2) is 0 Å². The Morgan fingerprint density at radius 2 is 2.33 bits per heavy atom. The smallest absolute Gasteiger partial charge is 0.342 e. The average molecular weight is 222 g/mol. The van der Waals surface area contributed by atoms with Gasteiger partial charge in [-0.15, -0.1) is 11.3 Å². The minimum atomic E-state index is -1.27. The summed E-state index contributed by atoms with van der Waals surface area (Å²) < 4.78 is 1.51. The Labute approximate surface area is 88.3 Å². The molecule has 5 nitrogen and oxygen atoms in total. The normalized spacial score (nSPS) is 10.1. The molecule has 0 saturated carbocycles. The van der Waals surface area contributed by atoms with Crippen molar-refractivity contribution in [1.82, 2.24) is 9.55 Å². The van der Waals surface area contributed by atoms with Gasteiger partial charge >= 0.3 is 5.97 Å². The van der Waals surface area contributed by atoms with Crippen molar-refractivity contribution < 1.29 is 9.90 Å². The Kier molecular flexibility index (Phi) is 2.34. The van der Waals surface area contributed by atoms with Crippen LogP contribution in [0.15, 0.2) is 34.8 Å². The first kappa shape index (κ1) is 9.60. The molecule has 0 radical (unpaired) electrons. The third-order valence-electron chi connectivity index (χ3n) is 1.79. The van der Waals surface area contributed by atoms with E-state index < -0.39 is 11.5 Å². The van der Waals surface area contributed by atoms with E-state index in [-0.39, 0.29) is 5.56 Å². The number of carboxylic acid groups (broad SMARTS) is 1. The summed E-state index contributed by atoms with van der Waals surface area (Å²) in [5, 5.41) is 11.4. The molecule has 0 unspecified atom stereocenters.